The summed E-state index contributed by atoms with van der Waals surface area (Å²) in [6, 6.07) is 10.3. The van der Waals surface area contributed by atoms with Crippen LogP contribution in [0.2, 0.25) is 0 Å². The highest BCUT2D eigenvalue weighted by Gasteiger charge is 2.17. The summed E-state index contributed by atoms with van der Waals surface area (Å²) in [5.74, 6) is 2.39. The summed E-state index contributed by atoms with van der Waals surface area (Å²) in [7, 11) is 6.08. The summed E-state index contributed by atoms with van der Waals surface area (Å²) < 4.78 is 0. The molecule has 1 fully saturated rings. The van der Waals surface area contributed by atoms with E-state index in [0.717, 1.165) is 49.2 Å². The van der Waals surface area contributed by atoms with Crippen molar-refractivity contribution in [2.24, 2.45) is 10.9 Å². The van der Waals surface area contributed by atoms with Crippen LogP contribution in [0.15, 0.2) is 41.5 Å². The molecule has 1 aliphatic heterocycles. The fourth-order valence-corrected chi connectivity index (χ4v) is 3.69. The van der Waals surface area contributed by atoms with Gasteiger partial charge in [-0.1, -0.05) is 37.3 Å². The molecule has 0 amide bonds. The number of imidazole rings is 1. The second-order valence-electron chi connectivity index (χ2n) is 8.10. The number of hydrogen-bond donors (Lipinski definition) is 2. The Labute approximate surface area is 174 Å². The van der Waals surface area contributed by atoms with E-state index in [1.54, 1.807) is 0 Å². The molecule has 0 spiro atoms. The van der Waals surface area contributed by atoms with Gasteiger partial charge in [-0.2, -0.15) is 0 Å². The van der Waals surface area contributed by atoms with Crippen LogP contribution in [-0.2, 0) is 6.54 Å². The molecule has 0 radical (unpaired) electrons. The lowest BCUT2D eigenvalue weighted by atomic mass is 10.1. The summed E-state index contributed by atoms with van der Waals surface area (Å²) in [5, 5.41) is 3.52. The Morgan fingerprint density at radius 1 is 1.24 bits per heavy atom. The van der Waals surface area contributed by atoms with E-state index in [9.17, 15) is 0 Å². The van der Waals surface area contributed by atoms with E-state index in [0.29, 0.717) is 12.5 Å². The smallest absolute Gasteiger partial charge is 0.193 e. The quantitative estimate of drug-likeness (QED) is 0.552. The van der Waals surface area contributed by atoms with E-state index in [-0.39, 0.29) is 0 Å². The van der Waals surface area contributed by atoms with Crippen molar-refractivity contribution in [1.29, 1.82) is 0 Å². The number of aromatic nitrogens is 2. The molecule has 0 aliphatic carbocycles. The van der Waals surface area contributed by atoms with Crippen molar-refractivity contribution in [2.75, 3.05) is 60.4 Å². The van der Waals surface area contributed by atoms with Crippen molar-refractivity contribution >= 4 is 5.96 Å². The van der Waals surface area contributed by atoms with Crippen LogP contribution in [0.4, 0.5) is 0 Å². The number of guanidine groups is 1. The summed E-state index contributed by atoms with van der Waals surface area (Å²) in [4.78, 5) is 19.5. The van der Waals surface area contributed by atoms with Crippen LogP contribution in [0.25, 0.3) is 11.3 Å². The lowest BCUT2D eigenvalue weighted by Gasteiger charge is -2.34. The molecule has 29 heavy (non-hydrogen) atoms. The minimum Gasteiger partial charge on any atom is -0.356 e. The summed E-state index contributed by atoms with van der Waals surface area (Å²) in [6.45, 7) is 9.68. The fourth-order valence-electron chi connectivity index (χ4n) is 3.69. The highest BCUT2D eigenvalue weighted by atomic mass is 15.3. The number of benzene rings is 1. The van der Waals surface area contributed by atoms with Crippen LogP contribution in [0, 0.1) is 5.92 Å². The molecule has 7 heteroatoms. The molecule has 2 aromatic rings. The molecule has 1 saturated heterocycles. The molecule has 1 aromatic heterocycles. The third-order valence-electron chi connectivity index (χ3n) is 5.45. The van der Waals surface area contributed by atoms with Gasteiger partial charge in [-0.05, 0) is 18.5 Å². The SMILES string of the molecule is CN=C(NCC(C)CN1CCN(C)CC1)N(C)Cc1ncc(-c2ccccc2)[nH]1. The van der Waals surface area contributed by atoms with Gasteiger partial charge in [-0.25, -0.2) is 4.98 Å². The third kappa shape index (κ3) is 6.30. The molecule has 1 aromatic carbocycles. The van der Waals surface area contributed by atoms with Crippen molar-refractivity contribution in [1.82, 2.24) is 30.0 Å². The van der Waals surface area contributed by atoms with E-state index in [1.807, 2.05) is 38.5 Å². The van der Waals surface area contributed by atoms with Crippen LogP contribution in [0.3, 0.4) is 0 Å². The molecule has 3 rings (SSSR count). The molecular formula is C22H35N7. The molecule has 1 aliphatic rings. The molecule has 2 heterocycles. The molecule has 0 saturated carbocycles. The van der Waals surface area contributed by atoms with E-state index >= 15 is 0 Å². The standard InChI is InChI=1S/C22H35N7/c1-18(16-29-12-10-27(3)11-13-29)14-25-22(23-2)28(4)17-21-24-15-20(26-21)19-8-6-5-7-9-19/h5-9,15,18H,10-14,16-17H2,1-4H3,(H,23,25)(H,24,26). The van der Waals surface area contributed by atoms with Gasteiger partial charge in [0.05, 0.1) is 18.4 Å². The Hall–Kier alpha value is -2.38. The Morgan fingerprint density at radius 2 is 1.97 bits per heavy atom. The first-order valence-corrected chi connectivity index (χ1v) is 10.5. The van der Waals surface area contributed by atoms with Gasteiger partial charge in [-0.15, -0.1) is 0 Å². The first-order valence-electron chi connectivity index (χ1n) is 10.5. The highest BCUT2D eigenvalue weighted by molar-refractivity contribution is 5.79. The zero-order valence-electron chi connectivity index (χ0n) is 18.2. The van der Waals surface area contributed by atoms with Gasteiger partial charge in [0.15, 0.2) is 5.96 Å². The van der Waals surface area contributed by atoms with Crippen molar-refractivity contribution in [2.45, 2.75) is 13.5 Å². The van der Waals surface area contributed by atoms with Crippen LogP contribution >= 0.6 is 0 Å². The summed E-state index contributed by atoms with van der Waals surface area (Å²) in [6.07, 6.45) is 1.90. The van der Waals surface area contributed by atoms with Gasteiger partial charge in [-0.3, -0.25) is 4.99 Å². The maximum Gasteiger partial charge on any atom is 0.193 e. The normalized spacial score (nSPS) is 17.3. The number of piperazine rings is 1. The number of likely N-dealkylation sites (N-methyl/N-ethyl adjacent to an activating group) is 1. The zero-order valence-corrected chi connectivity index (χ0v) is 18.2. The molecule has 1 atom stereocenters. The Bertz CT molecular complexity index is 762. The van der Waals surface area contributed by atoms with Crippen LogP contribution in [-0.4, -0.2) is 91.0 Å². The number of nitrogens with one attached hydrogen (secondary N) is 2. The molecule has 1 unspecified atom stereocenters. The summed E-state index contributed by atoms with van der Waals surface area (Å²) >= 11 is 0. The molecule has 7 nitrogen and oxygen atoms in total. The van der Waals surface area contributed by atoms with Gasteiger partial charge in [0.2, 0.25) is 0 Å². The number of aliphatic imine (C=N–C) groups is 1. The molecule has 2 N–H and O–H groups in total. The highest BCUT2D eigenvalue weighted by Crippen LogP contribution is 2.16. The van der Waals surface area contributed by atoms with E-state index in [2.05, 4.69) is 61.1 Å². The molecule has 158 valence electrons. The lowest BCUT2D eigenvalue weighted by molar-refractivity contribution is 0.139. The Morgan fingerprint density at radius 3 is 2.66 bits per heavy atom. The third-order valence-corrected chi connectivity index (χ3v) is 5.45. The first-order chi connectivity index (χ1) is 14.0. The first kappa shape index (κ1) is 21.3. The van der Waals surface area contributed by atoms with Gasteiger partial charge in [0, 0.05) is 53.4 Å². The van der Waals surface area contributed by atoms with Gasteiger partial charge in [0.1, 0.15) is 5.82 Å². The number of rotatable bonds is 7. The van der Waals surface area contributed by atoms with Crippen molar-refractivity contribution in [3.8, 4) is 11.3 Å². The zero-order chi connectivity index (χ0) is 20.6. The van der Waals surface area contributed by atoms with Crippen molar-refractivity contribution in [3.63, 3.8) is 0 Å². The van der Waals surface area contributed by atoms with Crippen molar-refractivity contribution < 1.29 is 0 Å². The minimum atomic E-state index is 0.567. The second-order valence-corrected chi connectivity index (χ2v) is 8.10. The molecule has 0 bridgehead atoms. The summed E-state index contributed by atoms with van der Waals surface area (Å²) in [5.41, 5.74) is 2.19. The maximum atomic E-state index is 4.54. The van der Waals surface area contributed by atoms with E-state index in [1.165, 1.54) is 13.1 Å². The monoisotopic (exact) mass is 397 g/mol. The second kappa shape index (κ2) is 10.4. The van der Waals surface area contributed by atoms with E-state index < -0.39 is 0 Å². The molecular weight excluding hydrogens is 362 g/mol. The number of H-pyrrole nitrogens is 1. The lowest BCUT2D eigenvalue weighted by Crippen LogP contribution is -2.47. The van der Waals surface area contributed by atoms with E-state index in [4.69, 9.17) is 0 Å². The van der Waals surface area contributed by atoms with Crippen LogP contribution in [0.5, 0.6) is 0 Å². The average Bonchev–Trinajstić information content (AvgIpc) is 3.19. The average molecular weight is 398 g/mol. The topological polar surface area (TPSA) is 62.8 Å². The predicted octanol–water partition coefficient (Wildman–Crippen LogP) is 1.97. The predicted molar refractivity (Wildman–Crippen MR) is 120 cm³/mol. The van der Waals surface area contributed by atoms with Gasteiger partial charge in [0.25, 0.3) is 0 Å². The minimum absolute atomic E-state index is 0.567. The maximum absolute atomic E-state index is 4.54. The Balaban J connectivity index is 1.46. The number of aromatic amines is 1. The number of hydrogen-bond acceptors (Lipinski definition) is 4. The van der Waals surface area contributed by atoms with Crippen molar-refractivity contribution in [3.05, 3.63) is 42.4 Å². The largest absolute Gasteiger partial charge is 0.356 e. The number of nitrogens with zero attached hydrogens (tertiary/aromatic N) is 5. The van der Waals surface area contributed by atoms with Crippen LogP contribution < -0.4 is 5.32 Å². The van der Waals surface area contributed by atoms with Gasteiger partial charge >= 0.3 is 0 Å². The Kier molecular flexibility index (Phi) is 7.66. The van der Waals surface area contributed by atoms with Crippen LogP contribution in [0.1, 0.15) is 12.7 Å². The van der Waals surface area contributed by atoms with Gasteiger partial charge < -0.3 is 25.0 Å². The fraction of sp³-hybridized carbons (Fsp3) is 0.545.